The van der Waals surface area contributed by atoms with E-state index in [2.05, 4.69) is 67.3 Å². The summed E-state index contributed by atoms with van der Waals surface area (Å²) in [6, 6.07) is 4.50. The molecule has 0 aliphatic carbocycles. The predicted octanol–water partition coefficient (Wildman–Crippen LogP) is 2.96. The van der Waals surface area contributed by atoms with Crippen molar-refractivity contribution in [3.05, 3.63) is 23.1 Å². The monoisotopic (exact) mass is 186 g/mol. The van der Waals surface area contributed by atoms with Crippen molar-refractivity contribution in [3.8, 4) is 0 Å². The molecule has 0 amide bonds. The van der Waals surface area contributed by atoms with Gasteiger partial charge in [0.05, 0.1) is 0 Å². The standard InChI is InChI=1S/C12H20B2/c1-11(2,3)9-7-8-10(14-13-9)12(4,5)6/h7-8H,1-6H3. The second-order valence-electron chi connectivity index (χ2n) is 6.08. The van der Waals surface area contributed by atoms with Crippen LogP contribution < -0.4 is 0 Å². The van der Waals surface area contributed by atoms with Crippen LogP contribution in [0.1, 0.15) is 52.5 Å². The van der Waals surface area contributed by atoms with E-state index in [1.54, 1.807) is 0 Å². The van der Waals surface area contributed by atoms with Crippen LogP contribution in [0.4, 0.5) is 0 Å². The Bertz CT molecular complexity index is 266. The SMILES string of the molecule is CC(C)(C)c1bbc(C(C)(C)C)cc1. The van der Waals surface area contributed by atoms with Gasteiger partial charge in [-0.15, -0.1) is 0 Å². The van der Waals surface area contributed by atoms with Crippen molar-refractivity contribution in [2.75, 3.05) is 0 Å². The molecule has 0 aromatic carbocycles. The molecule has 14 heavy (non-hydrogen) atoms. The van der Waals surface area contributed by atoms with Crippen LogP contribution in [0.5, 0.6) is 0 Å². The van der Waals surface area contributed by atoms with Crippen LogP contribution in [-0.4, -0.2) is 13.6 Å². The van der Waals surface area contributed by atoms with E-state index < -0.39 is 0 Å². The van der Waals surface area contributed by atoms with Gasteiger partial charge in [-0.05, 0) is 0 Å². The molecule has 0 spiro atoms. The molecule has 74 valence electrons. The van der Waals surface area contributed by atoms with E-state index in [4.69, 9.17) is 0 Å². The fourth-order valence-electron chi connectivity index (χ4n) is 1.47. The summed E-state index contributed by atoms with van der Waals surface area (Å²) in [5, 5.41) is 0. The summed E-state index contributed by atoms with van der Waals surface area (Å²) in [5.41, 5.74) is 3.34. The molecule has 0 N–H and O–H groups in total. The second kappa shape index (κ2) is 3.64. The van der Waals surface area contributed by atoms with Crippen LogP contribution in [0.15, 0.2) is 12.1 Å². The minimum absolute atomic E-state index is 0.260. The van der Waals surface area contributed by atoms with Crippen molar-refractivity contribution >= 4 is 13.6 Å². The molecule has 0 aliphatic rings. The summed E-state index contributed by atoms with van der Waals surface area (Å²) < 4.78 is 0. The topological polar surface area (TPSA) is 0 Å². The van der Waals surface area contributed by atoms with Gasteiger partial charge in [0.15, 0.2) is 0 Å². The fraction of sp³-hybridized carbons (Fsp3) is 0.667. The van der Waals surface area contributed by atoms with Gasteiger partial charge in [0.1, 0.15) is 0 Å². The van der Waals surface area contributed by atoms with Crippen LogP contribution >= 0.6 is 0 Å². The fourth-order valence-corrected chi connectivity index (χ4v) is 1.47. The summed E-state index contributed by atoms with van der Waals surface area (Å²) >= 11 is 0. The molecule has 0 fully saturated rings. The average Bonchev–Trinajstić information content (AvgIpc) is 2.01. The molecule has 2 heteroatoms. The van der Waals surface area contributed by atoms with Gasteiger partial charge in [-0.25, -0.2) is 0 Å². The summed E-state index contributed by atoms with van der Waals surface area (Å²) in [4.78, 5) is 0. The molecule has 1 aromatic rings. The van der Waals surface area contributed by atoms with E-state index >= 15 is 0 Å². The molecular formula is C12H20B2. The zero-order chi connectivity index (χ0) is 11.0. The third-order valence-corrected chi connectivity index (χ3v) is 2.62. The van der Waals surface area contributed by atoms with Gasteiger partial charge >= 0.3 is 89.0 Å². The van der Waals surface area contributed by atoms with Crippen molar-refractivity contribution < 1.29 is 0 Å². The van der Waals surface area contributed by atoms with E-state index in [9.17, 15) is 0 Å². The Kier molecular flexibility index (Phi) is 3.04. The summed E-state index contributed by atoms with van der Waals surface area (Å²) in [6.07, 6.45) is 0. The van der Waals surface area contributed by atoms with Gasteiger partial charge in [-0.3, -0.25) is 0 Å². The van der Waals surface area contributed by atoms with Gasteiger partial charge in [0.25, 0.3) is 0 Å². The van der Waals surface area contributed by atoms with Gasteiger partial charge in [0, 0.05) is 0 Å². The van der Waals surface area contributed by atoms with E-state index in [0.717, 1.165) is 0 Å². The number of hydrogen-bond donors (Lipinski definition) is 0. The van der Waals surface area contributed by atoms with Crippen LogP contribution in [0.25, 0.3) is 0 Å². The Hall–Kier alpha value is -0.390. The Morgan fingerprint density at radius 1 is 0.714 bits per heavy atom. The molecule has 0 nitrogen and oxygen atoms in total. The van der Waals surface area contributed by atoms with Crippen molar-refractivity contribution in [1.82, 2.24) is 0 Å². The van der Waals surface area contributed by atoms with Crippen LogP contribution in [0, 0.1) is 0 Å². The molecule has 1 heterocycles. The summed E-state index contributed by atoms with van der Waals surface area (Å²) in [7, 11) is 0. The van der Waals surface area contributed by atoms with Crippen LogP contribution in [0.3, 0.4) is 0 Å². The Balaban J connectivity index is 3.02. The molecule has 0 aliphatic heterocycles. The molecule has 0 saturated carbocycles. The first kappa shape index (κ1) is 11.7. The maximum atomic E-state index is 2.25. The van der Waals surface area contributed by atoms with Crippen LogP contribution in [-0.2, 0) is 10.8 Å². The zero-order valence-corrected chi connectivity index (χ0v) is 10.3. The first-order valence-electron chi connectivity index (χ1n) is 5.32. The van der Waals surface area contributed by atoms with Crippen molar-refractivity contribution in [2.24, 2.45) is 0 Å². The van der Waals surface area contributed by atoms with Crippen molar-refractivity contribution in [2.45, 2.75) is 52.4 Å². The average molecular weight is 186 g/mol. The Labute approximate surface area is 89.5 Å². The minimum atomic E-state index is 0.260. The first-order chi connectivity index (χ1) is 6.21. The maximum absolute atomic E-state index is 2.25. The van der Waals surface area contributed by atoms with Gasteiger partial charge in [-0.2, -0.15) is 0 Å². The van der Waals surface area contributed by atoms with Crippen molar-refractivity contribution in [1.29, 1.82) is 0 Å². The third kappa shape index (κ3) is 2.80. The van der Waals surface area contributed by atoms with E-state index in [1.165, 1.54) is 10.9 Å². The number of hydrogen-bond acceptors (Lipinski definition) is 0. The molecular weight excluding hydrogens is 166 g/mol. The van der Waals surface area contributed by atoms with Gasteiger partial charge < -0.3 is 0 Å². The zero-order valence-electron chi connectivity index (χ0n) is 10.3. The molecule has 0 radical (unpaired) electrons. The molecule has 0 atom stereocenters. The summed E-state index contributed by atoms with van der Waals surface area (Å²) in [5.74, 6) is 0. The molecule has 1 rings (SSSR count). The Morgan fingerprint density at radius 2 is 1.00 bits per heavy atom. The molecule has 0 bridgehead atoms. The quantitative estimate of drug-likeness (QED) is 0.584. The molecule has 0 unspecified atom stereocenters. The van der Waals surface area contributed by atoms with Crippen molar-refractivity contribution in [3.63, 3.8) is 0 Å². The summed E-state index contributed by atoms with van der Waals surface area (Å²) in [6.45, 7) is 18.0. The van der Waals surface area contributed by atoms with Crippen LogP contribution in [0.2, 0.25) is 0 Å². The van der Waals surface area contributed by atoms with Gasteiger partial charge in [-0.1, -0.05) is 0 Å². The van der Waals surface area contributed by atoms with Gasteiger partial charge in [0.2, 0.25) is 0 Å². The number of rotatable bonds is 0. The molecule has 0 saturated heterocycles. The normalized spacial score (nSPS) is 12.4. The second-order valence-corrected chi connectivity index (χ2v) is 6.08. The predicted molar refractivity (Wildman–Crippen MR) is 66.5 cm³/mol. The Morgan fingerprint density at radius 3 is 1.14 bits per heavy atom. The van der Waals surface area contributed by atoms with E-state index in [1.807, 2.05) is 0 Å². The van der Waals surface area contributed by atoms with E-state index in [-0.39, 0.29) is 10.8 Å². The molecule has 1 aromatic heterocycles. The van der Waals surface area contributed by atoms with E-state index in [0.29, 0.717) is 0 Å². The third-order valence-electron chi connectivity index (χ3n) is 2.62. The first-order valence-corrected chi connectivity index (χ1v) is 5.32.